The van der Waals surface area contributed by atoms with Crippen molar-refractivity contribution >= 4 is 35.6 Å². The molecule has 1 aliphatic heterocycles. The van der Waals surface area contributed by atoms with Gasteiger partial charge in [-0.15, -0.1) is 24.0 Å². The molecule has 0 radical (unpaired) electrons. The number of hydrogen-bond donors (Lipinski definition) is 3. The standard InChI is InChI=1S/C22H28F2N4O.HI/c1-2-25-22(26-15-21(29)16-6-8-17(23)9-7-16)27-19-10-12-28(13-11-19)20-5-3-4-18(24)14-20;/h3-9,14,19,21,29H,2,10-13,15H2,1H3,(H2,25,26,27);1H. The lowest BCUT2D eigenvalue weighted by Crippen LogP contribution is -2.48. The molecule has 2 aromatic rings. The summed E-state index contributed by atoms with van der Waals surface area (Å²) in [6.07, 6.45) is 1.02. The van der Waals surface area contributed by atoms with Crippen LogP contribution in [0.4, 0.5) is 14.5 Å². The molecule has 5 nitrogen and oxygen atoms in total. The third-order valence-corrected chi connectivity index (χ3v) is 5.03. The van der Waals surface area contributed by atoms with Gasteiger partial charge in [0.25, 0.3) is 0 Å². The fourth-order valence-corrected chi connectivity index (χ4v) is 3.44. The Morgan fingerprint density at radius 1 is 1.13 bits per heavy atom. The van der Waals surface area contributed by atoms with Crippen molar-refractivity contribution in [3.05, 3.63) is 65.7 Å². The summed E-state index contributed by atoms with van der Waals surface area (Å²) < 4.78 is 26.5. The lowest BCUT2D eigenvalue weighted by atomic mass is 10.0. The van der Waals surface area contributed by atoms with Gasteiger partial charge in [0.15, 0.2) is 5.96 Å². The second kappa shape index (κ2) is 12.0. The quantitative estimate of drug-likeness (QED) is 0.302. The van der Waals surface area contributed by atoms with Crippen molar-refractivity contribution in [2.75, 3.05) is 31.1 Å². The summed E-state index contributed by atoms with van der Waals surface area (Å²) in [5.74, 6) is 0.103. The maximum absolute atomic E-state index is 13.4. The number of guanidine groups is 1. The van der Waals surface area contributed by atoms with Crippen LogP contribution in [0.2, 0.25) is 0 Å². The molecule has 164 valence electrons. The van der Waals surface area contributed by atoms with Crippen LogP contribution in [-0.4, -0.2) is 43.3 Å². The van der Waals surface area contributed by atoms with E-state index >= 15 is 0 Å². The highest BCUT2D eigenvalue weighted by atomic mass is 127. The molecule has 1 atom stereocenters. The Hall–Kier alpha value is -1.94. The number of anilines is 1. The molecule has 0 aromatic heterocycles. The largest absolute Gasteiger partial charge is 0.386 e. The molecule has 0 aliphatic carbocycles. The fourth-order valence-electron chi connectivity index (χ4n) is 3.44. The number of benzene rings is 2. The van der Waals surface area contributed by atoms with E-state index in [2.05, 4.69) is 20.5 Å². The second-order valence-electron chi connectivity index (χ2n) is 7.17. The normalized spacial score (nSPS) is 16.0. The summed E-state index contributed by atoms with van der Waals surface area (Å²) in [6.45, 7) is 4.54. The van der Waals surface area contributed by atoms with Crippen LogP contribution in [0.3, 0.4) is 0 Å². The van der Waals surface area contributed by atoms with E-state index in [0.717, 1.165) is 31.6 Å². The predicted molar refractivity (Wildman–Crippen MR) is 128 cm³/mol. The van der Waals surface area contributed by atoms with E-state index < -0.39 is 6.10 Å². The van der Waals surface area contributed by atoms with E-state index in [9.17, 15) is 13.9 Å². The number of aliphatic imine (C=N–C) groups is 1. The third kappa shape index (κ3) is 7.09. The first-order valence-corrected chi connectivity index (χ1v) is 10.0. The van der Waals surface area contributed by atoms with Gasteiger partial charge in [0.05, 0.1) is 12.6 Å². The molecule has 0 saturated carbocycles. The first-order chi connectivity index (χ1) is 14.0. The number of nitrogens with zero attached hydrogens (tertiary/aromatic N) is 2. The molecular weight excluding hydrogens is 501 g/mol. The second-order valence-corrected chi connectivity index (χ2v) is 7.17. The molecule has 0 amide bonds. The molecule has 0 bridgehead atoms. The molecule has 1 heterocycles. The summed E-state index contributed by atoms with van der Waals surface area (Å²) in [5, 5.41) is 16.9. The zero-order chi connectivity index (χ0) is 20.6. The van der Waals surface area contributed by atoms with E-state index in [0.29, 0.717) is 18.1 Å². The van der Waals surface area contributed by atoms with Crippen molar-refractivity contribution in [3.8, 4) is 0 Å². The van der Waals surface area contributed by atoms with Gasteiger partial charge in [-0.05, 0) is 55.7 Å². The van der Waals surface area contributed by atoms with Crippen LogP contribution in [0.1, 0.15) is 31.4 Å². The first kappa shape index (κ1) is 24.3. The summed E-state index contributed by atoms with van der Waals surface area (Å²) >= 11 is 0. The summed E-state index contributed by atoms with van der Waals surface area (Å²) in [7, 11) is 0. The molecule has 1 fully saturated rings. The maximum Gasteiger partial charge on any atom is 0.191 e. The number of halogens is 3. The number of nitrogens with one attached hydrogen (secondary N) is 2. The van der Waals surface area contributed by atoms with Gasteiger partial charge in [0.2, 0.25) is 0 Å². The Morgan fingerprint density at radius 3 is 2.47 bits per heavy atom. The van der Waals surface area contributed by atoms with E-state index in [-0.39, 0.29) is 48.2 Å². The number of aliphatic hydroxyl groups is 1. The van der Waals surface area contributed by atoms with E-state index in [1.165, 1.54) is 18.2 Å². The van der Waals surface area contributed by atoms with E-state index in [1.807, 2.05) is 13.0 Å². The van der Waals surface area contributed by atoms with Crippen LogP contribution in [0, 0.1) is 11.6 Å². The van der Waals surface area contributed by atoms with E-state index in [4.69, 9.17) is 0 Å². The lowest BCUT2D eigenvalue weighted by Gasteiger charge is -2.34. The maximum atomic E-state index is 13.4. The molecule has 3 N–H and O–H groups in total. The Balaban J connectivity index is 0.00000320. The van der Waals surface area contributed by atoms with Crippen molar-refractivity contribution in [2.45, 2.75) is 31.9 Å². The molecule has 0 spiro atoms. The van der Waals surface area contributed by atoms with Crippen molar-refractivity contribution in [3.63, 3.8) is 0 Å². The molecule has 8 heteroatoms. The average Bonchev–Trinajstić information content (AvgIpc) is 2.73. The molecular formula is C22H29F2IN4O. The van der Waals surface area contributed by atoms with Gasteiger partial charge in [-0.25, -0.2) is 8.78 Å². The van der Waals surface area contributed by atoms with Crippen LogP contribution in [-0.2, 0) is 0 Å². The first-order valence-electron chi connectivity index (χ1n) is 10.0. The van der Waals surface area contributed by atoms with Crippen LogP contribution in [0.5, 0.6) is 0 Å². The molecule has 1 unspecified atom stereocenters. The van der Waals surface area contributed by atoms with Crippen molar-refractivity contribution < 1.29 is 13.9 Å². The van der Waals surface area contributed by atoms with E-state index in [1.54, 1.807) is 24.3 Å². The number of aliphatic hydroxyl groups excluding tert-OH is 1. The van der Waals surface area contributed by atoms with Crippen LogP contribution >= 0.6 is 24.0 Å². The van der Waals surface area contributed by atoms with Gasteiger partial charge < -0.3 is 20.6 Å². The highest BCUT2D eigenvalue weighted by molar-refractivity contribution is 14.0. The monoisotopic (exact) mass is 530 g/mol. The molecule has 1 aliphatic rings. The van der Waals surface area contributed by atoms with Gasteiger partial charge >= 0.3 is 0 Å². The van der Waals surface area contributed by atoms with Gasteiger partial charge in [-0.2, -0.15) is 0 Å². The Morgan fingerprint density at radius 2 is 1.83 bits per heavy atom. The molecule has 3 rings (SSSR count). The molecule has 1 saturated heterocycles. The number of piperidine rings is 1. The smallest absolute Gasteiger partial charge is 0.191 e. The van der Waals surface area contributed by atoms with Crippen LogP contribution in [0.15, 0.2) is 53.5 Å². The lowest BCUT2D eigenvalue weighted by molar-refractivity contribution is 0.187. The topological polar surface area (TPSA) is 59.9 Å². The van der Waals surface area contributed by atoms with Crippen molar-refractivity contribution in [1.82, 2.24) is 10.6 Å². The minimum atomic E-state index is -0.791. The predicted octanol–water partition coefficient (Wildman–Crippen LogP) is 3.84. The Labute approximate surface area is 193 Å². The van der Waals surface area contributed by atoms with Gasteiger partial charge in [0, 0.05) is 31.4 Å². The minimum Gasteiger partial charge on any atom is -0.386 e. The average molecular weight is 530 g/mol. The summed E-state index contributed by atoms with van der Waals surface area (Å²) in [4.78, 5) is 6.67. The number of hydrogen-bond acceptors (Lipinski definition) is 3. The summed E-state index contributed by atoms with van der Waals surface area (Å²) in [6, 6.07) is 12.7. The number of rotatable bonds is 6. The van der Waals surface area contributed by atoms with Gasteiger partial charge in [0.1, 0.15) is 11.6 Å². The SMILES string of the molecule is CCNC(=NCC(O)c1ccc(F)cc1)NC1CCN(c2cccc(F)c2)CC1.I. The Bertz CT molecular complexity index is 811. The van der Waals surface area contributed by atoms with Crippen molar-refractivity contribution in [2.24, 2.45) is 4.99 Å². The Kier molecular flexibility index (Phi) is 9.77. The van der Waals surface area contributed by atoms with Crippen LogP contribution in [0.25, 0.3) is 0 Å². The minimum absolute atomic E-state index is 0. The third-order valence-electron chi connectivity index (χ3n) is 5.03. The molecule has 2 aromatic carbocycles. The highest BCUT2D eigenvalue weighted by Gasteiger charge is 2.20. The zero-order valence-electron chi connectivity index (χ0n) is 17.0. The summed E-state index contributed by atoms with van der Waals surface area (Å²) in [5.41, 5.74) is 1.54. The van der Waals surface area contributed by atoms with Crippen molar-refractivity contribution in [1.29, 1.82) is 0 Å². The molecule has 30 heavy (non-hydrogen) atoms. The fraction of sp³-hybridized carbons (Fsp3) is 0.409. The van der Waals surface area contributed by atoms with Gasteiger partial charge in [-0.3, -0.25) is 4.99 Å². The van der Waals surface area contributed by atoms with Crippen LogP contribution < -0.4 is 15.5 Å². The van der Waals surface area contributed by atoms with Gasteiger partial charge in [-0.1, -0.05) is 18.2 Å². The zero-order valence-corrected chi connectivity index (χ0v) is 19.4. The highest BCUT2D eigenvalue weighted by Crippen LogP contribution is 2.21.